The van der Waals surface area contributed by atoms with E-state index in [1.807, 2.05) is 11.0 Å². The number of nitro groups is 1. The normalized spacial score (nSPS) is 24.0. The molecule has 2 atom stereocenters. The van der Waals surface area contributed by atoms with Crippen LogP contribution in [0.4, 0.5) is 13.2 Å². The van der Waals surface area contributed by atoms with Crippen molar-refractivity contribution >= 4 is 0 Å². The second-order valence-electron chi connectivity index (χ2n) is 6.51. The predicted molar refractivity (Wildman–Crippen MR) is 87.4 cm³/mol. The second-order valence-corrected chi connectivity index (χ2v) is 6.51. The van der Waals surface area contributed by atoms with Crippen molar-refractivity contribution < 1.29 is 18.1 Å². The van der Waals surface area contributed by atoms with Crippen LogP contribution in [-0.2, 0) is 6.18 Å². The van der Waals surface area contributed by atoms with Crippen LogP contribution in [0.5, 0.6) is 0 Å². The van der Waals surface area contributed by atoms with Crippen molar-refractivity contribution in [2.45, 2.75) is 44.3 Å². The van der Waals surface area contributed by atoms with Gasteiger partial charge in [-0.25, -0.2) is 0 Å². The Balaban J connectivity index is 2.28. The van der Waals surface area contributed by atoms with E-state index in [0.717, 1.165) is 25.3 Å². The van der Waals surface area contributed by atoms with Gasteiger partial charge in [0.2, 0.25) is 0 Å². The molecule has 4 nitrogen and oxygen atoms in total. The summed E-state index contributed by atoms with van der Waals surface area (Å²) in [5.41, 5.74) is 0.136. The minimum Gasteiger partial charge on any atom is -0.366 e. The molecule has 25 heavy (non-hydrogen) atoms. The quantitative estimate of drug-likeness (QED) is 0.439. The fourth-order valence-electron chi connectivity index (χ4n) is 3.96. The topological polar surface area (TPSA) is 46.4 Å². The monoisotopic (exact) mass is 352 g/mol. The first-order valence-electron chi connectivity index (χ1n) is 8.17. The van der Waals surface area contributed by atoms with Crippen LogP contribution in [0.25, 0.3) is 0 Å². The van der Waals surface area contributed by atoms with Crippen LogP contribution in [0.2, 0.25) is 0 Å². The lowest BCUT2D eigenvalue weighted by molar-refractivity contribution is -0.432. The number of allylic oxidation sites excluding steroid dienone is 3. The molecule has 1 aliphatic heterocycles. The molecule has 0 fully saturated rings. The lowest BCUT2D eigenvalue weighted by Crippen LogP contribution is -2.42. The van der Waals surface area contributed by atoms with Crippen LogP contribution < -0.4 is 0 Å². The summed E-state index contributed by atoms with van der Waals surface area (Å²) in [6.45, 7) is 1.62. The molecule has 7 heteroatoms. The molecular weight excluding hydrogens is 333 g/mol. The molecule has 3 rings (SSSR count). The Morgan fingerprint density at radius 2 is 1.96 bits per heavy atom. The molecule has 0 saturated carbocycles. The van der Waals surface area contributed by atoms with Gasteiger partial charge in [-0.1, -0.05) is 24.3 Å². The third kappa shape index (κ3) is 2.92. The number of halogens is 3. The van der Waals surface area contributed by atoms with Crippen molar-refractivity contribution in [3.8, 4) is 0 Å². The minimum atomic E-state index is -4.56. The van der Waals surface area contributed by atoms with E-state index in [4.69, 9.17) is 0 Å². The fraction of sp³-hybridized carbons (Fsp3) is 0.444. The molecule has 2 unspecified atom stereocenters. The lowest BCUT2D eigenvalue weighted by atomic mass is 9.75. The molecule has 1 aromatic carbocycles. The highest BCUT2D eigenvalue weighted by Crippen LogP contribution is 2.48. The molecule has 1 heterocycles. The van der Waals surface area contributed by atoms with Crippen molar-refractivity contribution in [2.75, 3.05) is 7.05 Å². The third-order valence-electron chi connectivity index (χ3n) is 5.19. The Hall–Kier alpha value is -2.31. The highest BCUT2D eigenvalue weighted by atomic mass is 19.4. The standard InChI is InChI=1S/C18H19F3N2O2/c1-11-17(23(24)25)16(13-8-4-6-10-15(13)22(11)2)12-7-3-5-9-14(12)18(19,20)21/h3,5,7-9,15-16H,4,6,10H2,1-2H3. The molecular formula is C18H19F3N2O2. The number of likely N-dealkylation sites (N-methyl/N-ethyl adjacent to an activating group) is 1. The third-order valence-corrected chi connectivity index (χ3v) is 5.19. The van der Waals surface area contributed by atoms with Crippen LogP contribution in [0.15, 0.2) is 47.3 Å². The highest BCUT2D eigenvalue weighted by molar-refractivity contribution is 5.47. The number of benzene rings is 1. The van der Waals surface area contributed by atoms with E-state index in [-0.39, 0.29) is 17.3 Å². The Morgan fingerprint density at radius 1 is 1.28 bits per heavy atom. The van der Waals surface area contributed by atoms with E-state index in [2.05, 4.69) is 0 Å². The Bertz CT molecular complexity index is 768. The van der Waals surface area contributed by atoms with E-state index >= 15 is 0 Å². The van der Waals surface area contributed by atoms with Crippen molar-refractivity contribution in [1.82, 2.24) is 4.90 Å². The van der Waals surface area contributed by atoms with E-state index < -0.39 is 22.6 Å². The number of fused-ring (bicyclic) bond motifs is 1. The minimum absolute atomic E-state index is 0.0349. The van der Waals surface area contributed by atoms with Gasteiger partial charge in [0, 0.05) is 7.05 Å². The molecule has 0 N–H and O–H groups in total. The molecule has 2 aliphatic rings. The van der Waals surface area contributed by atoms with Gasteiger partial charge in [-0.05, 0) is 43.4 Å². The number of nitrogens with zero attached hydrogens (tertiary/aromatic N) is 2. The molecule has 0 amide bonds. The lowest BCUT2D eigenvalue weighted by Gasteiger charge is -2.42. The Labute approximate surface area is 143 Å². The highest BCUT2D eigenvalue weighted by Gasteiger charge is 2.46. The van der Waals surface area contributed by atoms with E-state index in [0.29, 0.717) is 11.3 Å². The number of hydrogen-bond acceptors (Lipinski definition) is 3. The van der Waals surface area contributed by atoms with Crippen molar-refractivity contribution in [2.24, 2.45) is 0 Å². The van der Waals surface area contributed by atoms with Gasteiger partial charge in [-0.3, -0.25) is 10.1 Å². The summed E-state index contributed by atoms with van der Waals surface area (Å²) in [6, 6.07) is 5.09. The summed E-state index contributed by atoms with van der Waals surface area (Å²) >= 11 is 0. The van der Waals surface area contributed by atoms with E-state index in [1.165, 1.54) is 18.2 Å². The maximum absolute atomic E-state index is 13.5. The first-order chi connectivity index (χ1) is 11.7. The maximum Gasteiger partial charge on any atom is 0.416 e. The van der Waals surface area contributed by atoms with Gasteiger partial charge in [-0.2, -0.15) is 13.2 Å². The van der Waals surface area contributed by atoms with Crippen LogP contribution >= 0.6 is 0 Å². The smallest absolute Gasteiger partial charge is 0.366 e. The van der Waals surface area contributed by atoms with Crippen molar-refractivity contribution in [1.29, 1.82) is 0 Å². The average molecular weight is 352 g/mol. The second kappa shape index (κ2) is 6.20. The number of hydrogen-bond donors (Lipinski definition) is 0. The van der Waals surface area contributed by atoms with Gasteiger partial charge < -0.3 is 4.90 Å². The van der Waals surface area contributed by atoms with Gasteiger partial charge in [0.15, 0.2) is 0 Å². The van der Waals surface area contributed by atoms with Crippen LogP contribution in [-0.4, -0.2) is 22.9 Å². The van der Waals surface area contributed by atoms with Gasteiger partial charge in [0.05, 0.1) is 22.2 Å². The van der Waals surface area contributed by atoms with Gasteiger partial charge >= 0.3 is 6.18 Å². The zero-order chi connectivity index (χ0) is 18.4. The van der Waals surface area contributed by atoms with Crippen LogP contribution in [0.1, 0.15) is 43.2 Å². The summed E-state index contributed by atoms with van der Waals surface area (Å²) in [7, 11) is 1.77. The van der Waals surface area contributed by atoms with E-state index in [1.54, 1.807) is 14.0 Å². The largest absolute Gasteiger partial charge is 0.416 e. The number of rotatable bonds is 2. The van der Waals surface area contributed by atoms with Gasteiger partial charge in [0.1, 0.15) is 5.92 Å². The first-order valence-corrected chi connectivity index (χ1v) is 8.17. The fourth-order valence-corrected chi connectivity index (χ4v) is 3.96. The van der Waals surface area contributed by atoms with Crippen LogP contribution in [0, 0.1) is 10.1 Å². The summed E-state index contributed by atoms with van der Waals surface area (Å²) in [4.78, 5) is 13.0. The maximum atomic E-state index is 13.5. The SMILES string of the molecule is CC1=C([N+](=O)[O-])C(c2ccccc2C(F)(F)F)C2=CCCCC2N1C. The van der Waals surface area contributed by atoms with Crippen molar-refractivity contribution in [3.63, 3.8) is 0 Å². The Kier molecular flexibility index (Phi) is 4.34. The van der Waals surface area contributed by atoms with Crippen LogP contribution in [0.3, 0.4) is 0 Å². The number of alkyl halides is 3. The molecule has 0 saturated heterocycles. The molecule has 134 valence electrons. The Morgan fingerprint density at radius 3 is 2.60 bits per heavy atom. The molecule has 1 aromatic rings. The molecule has 0 bridgehead atoms. The van der Waals surface area contributed by atoms with E-state index in [9.17, 15) is 23.3 Å². The molecule has 0 spiro atoms. The van der Waals surface area contributed by atoms with Crippen molar-refractivity contribution in [3.05, 3.63) is 68.5 Å². The predicted octanol–water partition coefficient (Wildman–Crippen LogP) is 4.72. The summed E-state index contributed by atoms with van der Waals surface area (Å²) < 4.78 is 40.5. The average Bonchev–Trinajstić information content (AvgIpc) is 2.57. The summed E-state index contributed by atoms with van der Waals surface area (Å²) in [5.74, 6) is -0.964. The molecule has 0 aromatic heterocycles. The zero-order valence-corrected chi connectivity index (χ0v) is 14.0. The molecule has 1 aliphatic carbocycles. The van der Waals surface area contributed by atoms with Gasteiger partial charge in [0.25, 0.3) is 5.70 Å². The first kappa shape index (κ1) is 17.5. The molecule has 0 radical (unpaired) electrons. The summed E-state index contributed by atoms with van der Waals surface area (Å²) in [6.07, 6.45) is -0.227. The van der Waals surface area contributed by atoms with Gasteiger partial charge in [-0.15, -0.1) is 0 Å². The summed E-state index contributed by atoms with van der Waals surface area (Å²) in [5, 5.41) is 11.7. The zero-order valence-electron chi connectivity index (χ0n) is 14.0.